The van der Waals surface area contributed by atoms with Gasteiger partial charge in [0.2, 0.25) is 0 Å². The summed E-state index contributed by atoms with van der Waals surface area (Å²) in [5.41, 5.74) is -0.785. The van der Waals surface area contributed by atoms with Gasteiger partial charge in [-0.15, -0.1) is 0 Å². The number of pyridine rings is 1. The highest BCUT2D eigenvalue weighted by atomic mass is 16.7. The quantitative estimate of drug-likeness (QED) is 0.575. The SMILES string of the molecule is COC(=O)c1cccn(CC(=O)ON2C(=O)c3ccccc3C2=O)c1=O. The second kappa shape index (κ2) is 6.63. The van der Waals surface area contributed by atoms with Crippen molar-refractivity contribution in [3.05, 3.63) is 69.6 Å². The van der Waals surface area contributed by atoms with Crippen LogP contribution in [-0.4, -0.2) is 40.5 Å². The molecule has 2 aromatic rings. The summed E-state index contributed by atoms with van der Waals surface area (Å²) in [6.45, 7) is -0.600. The number of amides is 2. The fourth-order valence-electron chi connectivity index (χ4n) is 2.45. The van der Waals surface area contributed by atoms with Crippen molar-refractivity contribution in [2.75, 3.05) is 7.11 Å². The molecule has 1 aliphatic heterocycles. The highest BCUT2D eigenvalue weighted by Crippen LogP contribution is 2.22. The van der Waals surface area contributed by atoms with E-state index in [9.17, 15) is 24.0 Å². The lowest BCUT2D eigenvalue weighted by atomic mass is 10.1. The van der Waals surface area contributed by atoms with E-state index in [0.717, 1.165) is 11.7 Å². The second-order valence-electron chi connectivity index (χ2n) is 5.26. The molecule has 1 aromatic heterocycles. The Labute approximate surface area is 146 Å². The maximum atomic E-state index is 12.2. The van der Waals surface area contributed by atoms with Gasteiger partial charge in [0.05, 0.1) is 18.2 Å². The van der Waals surface area contributed by atoms with E-state index >= 15 is 0 Å². The highest BCUT2D eigenvalue weighted by Gasteiger charge is 2.38. The number of nitrogens with zero attached hydrogens (tertiary/aromatic N) is 2. The van der Waals surface area contributed by atoms with E-state index in [2.05, 4.69) is 4.74 Å². The number of imide groups is 1. The number of benzene rings is 1. The Morgan fingerprint density at radius 1 is 0.962 bits per heavy atom. The summed E-state index contributed by atoms with van der Waals surface area (Å²) >= 11 is 0. The van der Waals surface area contributed by atoms with Gasteiger partial charge in [-0.3, -0.25) is 14.4 Å². The van der Waals surface area contributed by atoms with Crippen molar-refractivity contribution in [2.45, 2.75) is 6.54 Å². The zero-order valence-electron chi connectivity index (χ0n) is 13.5. The molecule has 0 bridgehead atoms. The Morgan fingerprint density at radius 3 is 2.15 bits per heavy atom. The fourth-order valence-corrected chi connectivity index (χ4v) is 2.45. The van der Waals surface area contributed by atoms with Gasteiger partial charge in [0.15, 0.2) is 0 Å². The first kappa shape index (κ1) is 17.1. The van der Waals surface area contributed by atoms with Crippen LogP contribution in [0.15, 0.2) is 47.4 Å². The lowest BCUT2D eigenvalue weighted by Crippen LogP contribution is -2.36. The van der Waals surface area contributed by atoms with Gasteiger partial charge in [0.1, 0.15) is 12.1 Å². The van der Waals surface area contributed by atoms with Gasteiger partial charge in [-0.25, -0.2) is 9.59 Å². The molecule has 0 aliphatic carbocycles. The molecule has 0 atom stereocenters. The molecule has 9 heteroatoms. The third-order valence-corrected chi connectivity index (χ3v) is 3.67. The van der Waals surface area contributed by atoms with Crippen LogP contribution < -0.4 is 5.56 Å². The van der Waals surface area contributed by atoms with E-state index in [1.165, 1.54) is 30.5 Å². The van der Waals surface area contributed by atoms with Crippen molar-refractivity contribution in [3.8, 4) is 0 Å². The van der Waals surface area contributed by atoms with Crippen molar-refractivity contribution in [1.29, 1.82) is 0 Å². The smallest absolute Gasteiger partial charge is 0.352 e. The summed E-state index contributed by atoms with van der Waals surface area (Å²) in [5.74, 6) is -3.41. The minimum absolute atomic E-state index is 0.121. The van der Waals surface area contributed by atoms with Crippen LogP contribution in [0.5, 0.6) is 0 Å². The van der Waals surface area contributed by atoms with Crippen LogP contribution in [0.25, 0.3) is 0 Å². The number of esters is 1. The van der Waals surface area contributed by atoms with Gasteiger partial charge in [-0.1, -0.05) is 17.2 Å². The van der Waals surface area contributed by atoms with Crippen molar-refractivity contribution < 1.29 is 28.8 Å². The van der Waals surface area contributed by atoms with Crippen LogP contribution in [0, 0.1) is 0 Å². The Balaban J connectivity index is 1.77. The summed E-state index contributed by atoms with van der Waals surface area (Å²) < 4.78 is 5.39. The van der Waals surface area contributed by atoms with Crippen LogP contribution in [0.1, 0.15) is 31.1 Å². The van der Waals surface area contributed by atoms with E-state index in [4.69, 9.17) is 4.84 Å². The molecular weight excluding hydrogens is 344 g/mol. The van der Waals surface area contributed by atoms with E-state index in [1.807, 2.05) is 0 Å². The third-order valence-electron chi connectivity index (χ3n) is 3.67. The van der Waals surface area contributed by atoms with Crippen LogP contribution in [-0.2, 0) is 20.9 Å². The van der Waals surface area contributed by atoms with Crippen molar-refractivity contribution >= 4 is 23.8 Å². The molecule has 26 heavy (non-hydrogen) atoms. The molecule has 2 heterocycles. The van der Waals surface area contributed by atoms with E-state index in [0.29, 0.717) is 5.06 Å². The van der Waals surface area contributed by atoms with E-state index < -0.39 is 35.9 Å². The standard InChI is InChI=1S/C17H12N2O7/c1-25-17(24)12-7-4-8-18(14(12)21)9-13(20)26-19-15(22)10-5-2-3-6-11(10)16(19)23/h2-8H,9H2,1H3. The molecule has 132 valence electrons. The number of carbonyl (C=O) groups is 4. The Morgan fingerprint density at radius 2 is 1.58 bits per heavy atom. The van der Waals surface area contributed by atoms with Gasteiger partial charge in [-0.05, 0) is 24.3 Å². The van der Waals surface area contributed by atoms with Gasteiger partial charge in [0, 0.05) is 6.20 Å². The van der Waals surface area contributed by atoms with Crippen LogP contribution in [0.4, 0.5) is 0 Å². The molecule has 0 fully saturated rings. The molecular formula is C17H12N2O7. The highest BCUT2D eigenvalue weighted by molar-refractivity contribution is 6.20. The number of fused-ring (bicyclic) bond motifs is 1. The predicted molar refractivity (Wildman–Crippen MR) is 85.1 cm³/mol. The zero-order valence-corrected chi connectivity index (χ0v) is 13.5. The fraction of sp³-hybridized carbons (Fsp3) is 0.118. The number of hydroxylamine groups is 2. The molecule has 0 N–H and O–H groups in total. The lowest BCUT2D eigenvalue weighted by molar-refractivity contribution is -0.169. The number of ether oxygens (including phenoxy) is 1. The van der Waals surface area contributed by atoms with Crippen molar-refractivity contribution in [2.24, 2.45) is 0 Å². The average molecular weight is 356 g/mol. The first-order valence-electron chi connectivity index (χ1n) is 7.40. The summed E-state index contributed by atoms with van der Waals surface area (Å²) in [5, 5.41) is 0.349. The first-order chi connectivity index (χ1) is 12.4. The Hall–Kier alpha value is -3.75. The summed E-state index contributed by atoms with van der Waals surface area (Å²) in [7, 11) is 1.12. The number of methoxy groups -OCH3 is 1. The monoisotopic (exact) mass is 356 g/mol. The molecule has 0 saturated heterocycles. The Kier molecular flexibility index (Phi) is 4.36. The number of hydrogen-bond donors (Lipinski definition) is 0. The molecule has 1 aromatic carbocycles. The minimum atomic E-state index is -1.02. The number of hydrogen-bond acceptors (Lipinski definition) is 7. The molecule has 3 rings (SSSR count). The summed E-state index contributed by atoms with van der Waals surface area (Å²) in [6.07, 6.45) is 1.26. The maximum absolute atomic E-state index is 12.2. The molecule has 0 spiro atoms. The maximum Gasteiger partial charge on any atom is 0.352 e. The van der Waals surface area contributed by atoms with E-state index in [-0.39, 0.29) is 16.7 Å². The zero-order chi connectivity index (χ0) is 18.8. The molecule has 0 radical (unpaired) electrons. The first-order valence-corrected chi connectivity index (χ1v) is 7.40. The van der Waals surface area contributed by atoms with Crippen molar-refractivity contribution in [1.82, 2.24) is 9.63 Å². The molecule has 0 saturated carbocycles. The minimum Gasteiger partial charge on any atom is -0.465 e. The van der Waals surface area contributed by atoms with Gasteiger partial charge in [-0.2, -0.15) is 0 Å². The predicted octanol–water partition coefficient (Wildman–Crippen LogP) is 0.389. The normalized spacial score (nSPS) is 12.7. The van der Waals surface area contributed by atoms with Crippen molar-refractivity contribution in [3.63, 3.8) is 0 Å². The third kappa shape index (κ3) is 2.86. The topological polar surface area (TPSA) is 112 Å². The number of carbonyl (C=O) groups excluding carboxylic acids is 4. The molecule has 9 nitrogen and oxygen atoms in total. The van der Waals surface area contributed by atoms with Crippen LogP contribution >= 0.6 is 0 Å². The Bertz CT molecular complexity index is 958. The van der Waals surface area contributed by atoms with Gasteiger partial charge >= 0.3 is 11.9 Å². The summed E-state index contributed by atoms with van der Waals surface area (Å²) in [4.78, 5) is 64.8. The number of rotatable bonds is 4. The van der Waals surface area contributed by atoms with Crippen LogP contribution in [0.2, 0.25) is 0 Å². The average Bonchev–Trinajstić information content (AvgIpc) is 2.88. The molecule has 0 unspecified atom stereocenters. The largest absolute Gasteiger partial charge is 0.465 e. The van der Waals surface area contributed by atoms with Gasteiger partial charge in [0.25, 0.3) is 17.4 Å². The molecule has 1 aliphatic rings. The van der Waals surface area contributed by atoms with Gasteiger partial charge < -0.3 is 14.1 Å². The summed E-state index contributed by atoms with van der Waals surface area (Å²) in [6, 6.07) is 8.66. The molecule has 2 amide bonds. The number of aromatic nitrogens is 1. The second-order valence-corrected chi connectivity index (χ2v) is 5.26. The van der Waals surface area contributed by atoms with Crippen LogP contribution in [0.3, 0.4) is 0 Å². The lowest BCUT2D eigenvalue weighted by Gasteiger charge is -2.13. The van der Waals surface area contributed by atoms with E-state index in [1.54, 1.807) is 12.1 Å².